The molecular formula is C18H25BrF2IN5O. The molecule has 6 nitrogen and oxygen atoms in total. The molecule has 0 unspecified atom stereocenters. The first-order valence-corrected chi connectivity index (χ1v) is 9.37. The van der Waals surface area contributed by atoms with Crippen LogP contribution >= 0.6 is 39.9 Å². The fourth-order valence-corrected chi connectivity index (χ4v) is 3.04. The molecule has 10 heteroatoms. The number of alkyl halides is 2. The Hall–Kier alpha value is -1.43. The summed E-state index contributed by atoms with van der Waals surface area (Å²) in [6.07, 6.45) is 0.874. The Morgan fingerprint density at radius 2 is 2.04 bits per heavy atom. The van der Waals surface area contributed by atoms with Crippen molar-refractivity contribution in [3.63, 3.8) is 0 Å². The second-order valence-corrected chi connectivity index (χ2v) is 6.90. The number of aryl methyl sites for hydroxylation is 3. The van der Waals surface area contributed by atoms with E-state index in [1.54, 1.807) is 19.2 Å². The van der Waals surface area contributed by atoms with Crippen molar-refractivity contribution >= 4 is 45.9 Å². The highest BCUT2D eigenvalue weighted by molar-refractivity contribution is 14.0. The number of guanidine groups is 1. The Labute approximate surface area is 189 Å². The van der Waals surface area contributed by atoms with Gasteiger partial charge < -0.3 is 15.4 Å². The highest BCUT2D eigenvalue weighted by Crippen LogP contribution is 2.24. The Kier molecular flexibility index (Phi) is 10.7. The van der Waals surface area contributed by atoms with Gasteiger partial charge in [0.2, 0.25) is 0 Å². The maximum absolute atomic E-state index is 12.5. The third kappa shape index (κ3) is 7.90. The first-order valence-electron chi connectivity index (χ1n) is 8.58. The van der Waals surface area contributed by atoms with Crippen molar-refractivity contribution in [3.8, 4) is 5.75 Å². The van der Waals surface area contributed by atoms with Gasteiger partial charge >= 0.3 is 6.61 Å². The summed E-state index contributed by atoms with van der Waals surface area (Å²) in [6.45, 7) is 2.96. The van der Waals surface area contributed by atoms with Gasteiger partial charge in [0, 0.05) is 42.4 Å². The first kappa shape index (κ1) is 24.6. The maximum Gasteiger partial charge on any atom is 0.387 e. The normalized spacial score (nSPS) is 11.3. The van der Waals surface area contributed by atoms with Crippen LogP contribution in [0.15, 0.2) is 33.7 Å². The van der Waals surface area contributed by atoms with Crippen molar-refractivity contribution in [2.24, 2.45) is 4.99 Å². The fourth-order valence-electron chi connectivity index (χ4n) is 2.63. The number of aromatic nitrogens is 2. The van der Waals surface area contributed by atoms with Crippen LogP contribution in [-0.4, -0.2) is 35.9 Å². The summed E-state index contributed by atoms with van der Waals surface area (Å²) < 4.78 is 32.4. The predicted octanol–water partition coefficient (Wildman–Crippen LogP) is 4.24. The molecule has 156 valence electrons. The second kappa shape index (κ2) is 12.2. The van der Waals surface area contributed by atoms with E-state index in [2.05, 4.69) is 41.4 Å². The van der Waals surface area contributed by atoms with Gasteiger partial charge in [0.25, 0.3) is 0 Å². The molecule has 0 amide bonds. The predicted molar refractivity (Wildman–Crippen MR) is 121 cm³/mol. The smallest absolute Gasteiger partial charge is 0.387 e. The van der Waals surface area contributed by atoms with Gasteiger partial charge in [-0.2, -0.15) is 13.9 Å². The summed E-state index contributed by atoms with van der Waals surface area (Å²) in [5.74, 6) is 0.729. The molecule has 0 aliphatic rings. The monoisotopic (exact) mass is 571 g/mol. The van der Waals surface area contributed by atoms with E-state index >= 15 is 0 Å². The molecule has 2 aromatic rings. The van der Waals surface area contributed by atoms with Crippen LogP contribution in [-0.2, 0) is 13.1 Å². The van der Waals surface area contributed by atoms with Gasteiger partial charge in [-0.05, 0) is 44.5 Å². The zero-order valence-corrected chi connectivity index (χ0v) is 19.9. The van der Waals surface area contributed by atoms with E-state index in [9.17, 15) is 8.78 Å². The highest BCUT2D eigenvalue weighted by Gasteiger charge is 2.11. The van der Waals surface area contributed by atoms with E-state index in [1.807, 2.05) is 24.6 Å². The van der Waals surface area contributed by atoms with E-state index in [0.717, 1.165) is 28.8 Å². The van der Waals surface area contributed by atoms with E-state index in [4.69, 9.17) is 0 Å². The lowest BCUT2D eigenvalue weighted by atomic mass is 10.2. The Morgan fingerprint density at radius 3 is 2.64 bits per heavy atom. The van der Waals surface area contributed by atoms with E-state index < -0.39 is 6.61 Å². The van der Waals surface area contributed by atoms with Crippen LogP contribution in [0.5, 0.6) is 5.75 Å². The van der Waals surface area contributed by atoms with Crippen molar-refractivity contribution in [2.75, 3.05) is 13.6 Å². The summed E-state index contributed by atoms with van der Waals surface area (Å²) in [5.41, 5.74) is 2.75. The Morgan fingerprint density at radius 1 is 1.29 bits per heavy atom. The number of rotatable bonds is 8. The molecule has 0 aliphatic carbocycles. The molecule has 1 heterocycles. The van der Waals surface area contributed by atoms with Gasteiger partial charge in [-0.25, -0.2) is 0 Å². The molecule has 2 N–H and O–H groups in total. The van der Waals surface area contributed by atoms with Gasteiger partial charge in [0.15, 0.2) is 5.96 Å². The Balaban J connectivity index is 0.00000392. The first-order chi connectivity index (χ1) is 12.9. The summed E-state index contributed by atoms with van der Waals surface area (Å²) in [7, 11) is 1.66. The molecular weight excluding hydrogens is 547 g/mol. The molecule has 0 fully saturated rings. The minimum absolute atomic E-state index is 0. The van der Waals surface area contributed by atoms with E-state index in [-0.39, 0.29) is 29.7 Å². The zero-order chi connectivity index (χ0) is 19.8. The zero-order valence-electron chi connectivity index (χ0n) is 16.0. The van der Waals surface area contributed by atoms with Crippen molar-refractivity contribution in [2.45, 2.75) is 40.0 Å². The van der Waals surface area contributed by atoms with Crippen LogP contribution in [0.1, 0.15) is 23.4 Å². The van der Waals surface area contributed by atoms with E-state index in [1.165, 1.54) is 6.07 Å². The van der Waals surface area contributed by atoms with Crippen LogP contribution in [0, 0.1) is 13.8 Å². The number of benzene rings is 1. The second-order valence-electron chi connectivity index (χ2n) is 5.99. The molecule has 0 saturated carbocycles. The largest absolute Gasteiger partial charge is 0.434 e. The van der Waals surface area contributed by atoms with Crippen LogP contribution in [0.25, 0.3) is 0 Å². The van der Waals surface area contributed by atoms with Crippen molar-refractivity contribution in [1.82, 2.24) is 20.4 Å². The number of halogens is 4. The highest BCUT2D eigenvalue weighted by atomic mass is 127. The third-order valence-corrected chi connectivity index (χ3v) is 4.34. The summed E-state index contributed by atoms with van der Waals surface area (Å²) in [5, 5.41) is 10.7. The number of ether oxygens (including phenoxy) is 1. The van der Waals surface area contributed by atoms with Gasteiger partial charge in [-0.3, -0.25) is 9.67 Å². The molecule has 0 bridgehead atoms. The molecule has 1 aromatic carbocycles. The minimum Gasteiger partial charge on any atom is -0.434 e. The maximum atomic E-state index is 12.5. The fraction of sp³-hybridized carbons (Fsp3) is 0.444. The van der Waals surface area contributed by atoms with E-state index in [0.29, 0.717) is 24.6 Å². The molecule has 0 radical (unpaired) electrons. The van der Waals surface area contributed by atoms with Crippen LogP contribution < -0.4 is 15.4 Å². The molecule has 0 atom stereocenters. The van der Waals surface area contributed by atoms with Crippen LogP contribution in [0.2, 0.25) is 0 Å². The number of nitrogens with zero attached hydrogens (tertiary/aromatic N) is 3. The Bertz CT molecular complexity index is 785. The van der Waals surface area contributed by atoms with Gasteiger partial charge in [-0.15, -0.1) is 24.0 Å². The van der Waals surface area contributed by atoms with Crippen LogP contribution in [0.4, 0.5) is 8.78 Å². The van der Waals surface area contributed by atoms with Gasteiger partial charge in [0.1, 0.15) is 5.75 Å². The third-order valence-electron chi connectivity index (χ3n) is 3.85. The summed E-state index contributed by atoms with van der Waals surface area (Å²) >= 11 is 3.34. The van der Waals surface area contributed by atoms with Crippen molar-refractivity contribution < 1.29 is 13.5 Å². The standard InChI is InChI=1S/C18H24BrF2N5O.HI/c1-12-9-13(2)26(25-12)8-4-7-23-18(22-3)24-11-14-10-15(19)5-6-16(14)27-17(20)21;/h5-6,9-10,17H,4,7-8,11H2,1-3H3,(H2,22,23,24);1H. The summed E-state index contributed by atoms with van der Waals surface area (Å²) in [4.78, 5) is 4.15. The van der Waals surface area contributed by atoms with Crippen LogP contribution in [0.3, 0.4) is 0 Å². The average molecular weight is 572 g/mol. The molecule has 28 heavy (non-hydrogen) atoms. The lowest BCUT2D eigenvalue weighted by Crippen LogP contribution is -2.37. The number of aliphatic imine (C=N–C) groups is 1. The topological polar surface area (TPSA) is 63.5 Å². The average Bonchev–Trinajstić information content (AvgIpc) is 2.93. The minimum atomic E-state index is -2.86. The summed E-state index contributed by atoms with van der Waals surface area (Å²) in [6, 6.07) is 6.96. The van der Waals surface area contributed by atoms with Gasteiger partial charge in [-0.1, -0.05) is 15.9 Å². The molecule has 2 rings (SSSR count). The SMILES string of the molecule is CN=C(NCCCn1nc(C)cc1C)NCc1cc(Br)ccc1OC(F)F.I. The lowest BCUT2D eigenvalue weighted by molar-refractivity contribution is -0.0504. The molecule has 0 aliphatic heterocycles. The molecule has 0 spiro atoms. The van der Waals surface area contributed by atoms with Crippen molar-refractivity contribution in [1.29, 1.82) is 0 Å². The number of hydrogen-bond acceptors (Lipinski definition) is 3. The lowest BCUT2D eigenvalue weighted by Gasteiger charge is -2.15. The van der Waals surface area contributed by atoms with Gasteiger partial charge in [0.05, 0.1) is 5.69 Å². The molecule has 0 saturated heterocycles. The number of hydrogen-bond donors (Lipinski definition) is 2. The number of nitrogens with one attached hydrogen (secondary N) is 2. The van der Waals surface area contributed by atoms with Crippen molar-refractivity contribution in [3.05, 3.63) is 45.7 Å². The molecule has 1 aromatic heterocycles. The quantitative estimate of drug-likeness (QED) is 0.215.